The van der Waals surface area contributed by atoms with E-state index in [1.54, 1.807) is 34.2 Å². The largest absolute Gasteiger partial charge is 0.275 e. The van der Waals surface area contributed by atoms with Crippen LogP contribution >= 0.6 is 11.3 Å². The number of aryl methyl sites for hydroxylation is 1. The summed E-state index contributed by atoms with van der Waals surface area (Å²) >= 11 is 1.62. The molecule has 0 fully saturated rings. The zero-order chi connectivity index (χ0) is 9.26. The highest BCUT2D eigenvalue weighted by molar-refractivity contribution is 7.14. The topological polar surface area (TPSA) is 22.0 Å². The third-order valence-electron chi connectivity index (χ3n) is 1.79. The molecule has 0 amide bonds. The summed E-state index contributed by atoms with van der Waals surface area (Å²) in [5.41, 5.74) is 0.0179. The first kappa shape index (κ1) is 8.26. The molecule has 2 heterocycles. The lowest BCUT2D eigenvalue weighted by molar-refractivity contribution is 1.01. The molecule has 0 saturated carbocycles. The van der Waals surface area contributed by atoms with Crippen molar-refractivity contribution in [2.75, 3.05) is 0 Å². The summed E-state index contributed by atoms with van der Waals surface area (Å²) in [6.45, 7) is 2.03. The first-order valence-electron chi connectivity index (χ1n) is 4.02. The Morgan fingerprint density at radius 2 is 2.08 bits per heavy atom. The van der Waals surface area contributed by atoms with Crippen LogP contribution in [0.2, 0.25) is 0 Å². The minimum absolute atomic E-state index is 0.0179. The Morgan fingerprint density at radius 3 is 2.69 bits per heavy atom. The van der Waals surface area contributed by atoms with Gasteiger partial charge in [0.1, 0.15) is 5.00 Å². The molecule has 0 aliphatic heterocycles. The smallest absolute Gasteiger partial charge is 0.255 e. The van der Waals surface area contributed by atoms with E-state index in [-0.39, 0.29) is 5.56 Å². The molecule has 0 saturated heterocycles. The van der Waals surface area contributed by atoms with E-state index in [0.29, 0.717) is 0 Å². The van der Waals surface area contributed by atoms with Crippen molar-refractivity contribution in [3.05, 3.63) is 51.8 Å². The van der Waals surface area contributed by atoms with Gasteiger partial charge < -0.3 is 0 Å². The first-order chi connectivity index (χ1) is 6.27. The highest BCUT2D eigenvalue weighted by Crippen LogP contribution is 2.17. The fourth-order valence-corrected chi connectivity index (χ4v) is 2.01. The van der Waals surface area contributed by atoms with Gasteiger partial charge in [-0.1, -0.05) is 6.07 Å². The van der Waals surface area contributed by atoms with Crippen LogP contribution < -0.4 is 5.56 Å². The van der Waals surface area contributed by atoms with E-state index in [9.17, 15) is 4.79 Å². The van der Waals surface area contributed by atoms with Crippen molar-refractivity contribution in [1.82, 2.24) is 4.57 Å². The molecule has 66 valence electrons. The summed E-state index contributed by atoms with van der Waals surface area (Å²) in [5, 5.41) is 0.975. The van der Waals surface area contributed by atoms with Gasteiger partial charge in [-0.2, -0.15) is 0 Å². The minimum Gasteiger partial charge on any atom is -0.275 e. The van der Waals surface area contributed by atoms with Crippen LogP contribution in [0.4, 0.5) is 0 Å². The average Bonchev–Trinajstić information content (AvgIpc) is 2.53. The van der Waals surface area contributed by atoms with Gasteiger partial charge in [0.2, 0.25) is 0 Å². The molecule has 2 aromatic heterocycles. The van der Waals surface area contributed by atoms with E-state index in [1.807, 2.05) is 25.1 Å². The van der Waals surface area contributed by atoms with Crippen LogP contribution in [0, 0.1) is 6.92 Å². The third-order valence-corrected chi connectivity index (χ3v) is 2.79. The van der Waals surface area contributed by atoms with Crippen molar-refractivity contribution in [1.29, 1.82) is 0 Å². The van der Waals surface area contributed by atoms with Crippen LogP contribution in [0.3, 0.4) is 0 Å². The molecule has 0 aliphatic carbocycles. The van der Waals surface area contributed by atoms with E-state index < -0.39 is 0 Å². The highest BCUT2D eigenvalue weighted by atomic mass is 32.1. The van der Waals surface area contributed by atoms with E-state index in [0.717, 1.165) is 5.00 Å². The maximum atomic E-state index is 11.4. The van der Waals surface area contributed by atoms with Crippen LogP contribution in [-0.2, 0) is 0 Å². The SMILES string of the molecule is Cc1ccc(-n2ccccc2=O)s1. The monoisotopic (exact) mass is 191 g/mol. The zero-order valence-electron chi connectivity index (χ0n) is 7.23. The van der Waals surface area contributed by atoms with Gasteiger partial charge in [0, 0.05) is 17.1 Å². The van der Waals surface area contributed by atoms with Crippen LogP contribution in [0.15, 0.2) is 41.3 Å². The Balaban J connectivity index is 2.59. The molecule has 0 aliphatic rings. The predicted octanol–water partition coefficient (Wildman–Crippen LogP) is 2.21. The van der Waals surface area contributed by atoms with Gasteiger partial charge in [-0.15, -0.1) is 11.3 Å². The van der Waals surface area contributed by atoms with Crippen molar-refractivity contribution in [3.63, 3.8) is 0 Å². The summed E-state index contributed by atoms with van der Waals surface area (Å²) < 4.78 is 1.65. The Labute approximate surface area is 80.1 Å². The molecule has 0 bridgehead atoms. The van der Waals surface area contributed by atoms with Crippen LogP contribution in [0.1, 0.15) is 4.88 Å². The molecule has 0 radical (unpaired) electrons. The standard InChI is InChI=1S/C10H9NOS/c1-8-5-6-10(13-8)11-7-3-2-4-9(11)12/h2-7H,1H3. The highest BCUT2D eigenvalue weighted by Gasteiger charge is 1.99. The summed E-state index contributed by atoms with van der Waals surface area (Å²) in [5.74, 6) is 0. The number of thiophene rings is 1. The average molecular weight is 191 g/mol. The second kappa shape index (κ2) is 3.18. The minimum atomic E-state index is 0.0179. The van der Waals surface area contributed by atoms with Gasteiger partial charge >= 0.3 is 0 Å². The van der Waals surface area contributed by atoms with Gasteiger partial charge in [-0.3, -0.25) is 9.36 Å². The van der Waals surface area contributed by atoms with Crippen molar-refractivity contribution < 1.29 is 0 Å². The van der Waals surface area contributed by atoms with Crippen molar-refractivity contribution in [2.24, 2.45) is 0 Å². The number of rotatable bonds is 1. The Bertz CT molecular complexity index is 470. The molecule has 0 unspecified atom stereocenters. The van der Waals surface area contributed by atoms with Crippen molar-refractivity contribution in [2.45, 2.75) is 6.92 Å². The van der Waals surface area contributed by atoms with Crippen molar-refractivity contribution in [3.8, 4) is 5.00 Å². The summed E-state index contributed by atoms with van der Waals surface area (Å²) in [7, 11) is 0. The molecule has 0 spiro atoms. The fraction of sp³-hybridized carbons (Fsp3) is 0.100. The maximum Gasteiger partial charge on any atom is 0.255 e. The summed E-state index contributed by atoms with van der Waals surface area (Å²) in [6, 6.07) is 9.14. The summed E-state index contributed by atoms with van der Waals surface area (Å²) in [6.07, 6.45) is 1.79. The van der Waals surface area contributed by atoms with Crippen molar-refractivity contribution >= 4 is 11.3 Å². The van der Waals surface area contributed by atoms with Gasteiger partial charge in [0.15, 0.2) is 0 Å². The maximum absolute atomic E-state index is 11.4. The molecule has 3 heteroatoms. The van der Waals surface area contributed by atoms with Crippen LogP contribution in [0.5, 0.6) is 0 Å². The molecule has 0 atom stereocenters. The number of hydrogen-bond donors (Lipinski definition) is 0. The second-order valence-corrected chi connectivity index (χ2v) is 4.06. The quantitative estimate of drug-likeness (QED) is 0.677. The summed E-state index contributed by atoms with van der Waals surface area (Å²) in [4.78, 5) is 12.6. The molecule has 0 N–H and O–H groups in total. The van der Waals surface area contributed by atoms with E-state index in [1.165, 1.54) is 4.88 Å². The number of aromatic nitrogens is 1. The predicted molar refractivity (Wildman–Crippen MR) is 54.7 cm³/mol. The zero-order valence-corrected chi connectivity index (χ0v) is 8.04. The van der Waals surface area contributed by atoms with Gasteiger partial charge in [0.05, 0.1) is 0 Å². The third kappa shape index (κ3) is 1.55. The molecule has 2 rings (SSSR count). The lowest BCUT2D eigenvalue weighted by Gasteiger charge is -1.98. The first-order valence-corrected chi connectivity index (χ1v) is 4.83. The molecular weight excluding hydrogens is 182 g/mol. The van der Waals surface area contributed by atoms with E-state index >= 15 is 0 Å². The van der Waals surface area contributed by atoms with Gasteiger partial charge in [-0.25, -0.2) is 0 Å². The number of hydrogen-bond acceptors (Lipinski definition) is 2. The Morgan fingerprint density at radius 1 is 1.23 bits per heavy atom. The Kier molecular flexibility index (Phi) is 2.02. The fourth-order valence-electron chi connectivity index (χ4n) is 1.16. The molecule has 2 aromatic rings. The van der Waals surface area contributed by atoms with Crippen LogP contribution in [-0.4, -0.2) is 4.57 Å². The Hall–Kier alpha value is -1.35. The van der Waals surface area contributed by atoms with Gasteiger partial charge in [0.25, 0.3) is 5.56 Å². The number of nitrogens with zero attached hydrogens (tertiary/aromatic N) is 1. The molecule has 0 aromatic carbocycles. The lowest BCUT2D eigenvalue weighted by Crippen LogP contribution is -2.13. The molecular formula is C10H9NOS. The van der Waals surface area contributed by atoms with Crippen LogP contribution in [0.25, 0.3) is 5.00 Å². The van der Waals surface area contributed by atoms with E-state index in [4.69, 9.17) is 0 Å². The van der Waals surface area contributed by atoms with Gasteiger partial charge in [-0.05, 0) is 25.1 Å². The van der Waals surface area contributed by atoms with E-state index in [2.05, 4.69) is 0 Å². The second-order valence-electron chi connectivity index (χ2n) is 2.79. The molecule has 13 heavy (non-hydrogen) atoms. The lowest BCUT2D eigenvalue weighted by atomic mass is 10.4. The normalized spacial score (nSPS) is 10.2. The molecule has 2 nitrogen and oxygen atoms in total. The number of pyridine rings is 1.